The Morgan fingerprint density at radius 1 is 1.57 bits per heavy atom. The van der Waals surface area contributed by atoms with E-state index < -0.39 is 0 Å². The lowest BCUT2D eigenvalue weighted by Gasteiger charge is -2.12. The van der Waals surface area contributed by atoms with Crippen LogP contribution in [0.5, 0.6) is 0 Å². The van der Waals surface area contributed by atoms with Gasteiger partial charge in [-0.05, 0) is 41.1 Å². The molecule has 1 aromatic rings. The van der Waals surface area contributed by atoms with E-state index in [1.54, 1.807) is 0 Å². The first-order chi connectivity index (χ1) is 6.66. The zero-order chi connectivity index (χ0) is 10.1. The zero-order valence-electron chi connectivity index (χ0n) is 8.63. The standard InChI is InChI=1S/C10H16BrN3/c1-7-3-4-8(5-7)13-9-6-12-14(2)10(9)11/h6-8,13H,3-5H2,1-2H3. The summed E-state index contributed by atoms with van der Waals surface area (Å²) in [5, 5.41) is 7.71. The molecule has 1 heterocycles. The second-order valence-corrected chi connectivity index (χ2v) is 4.98. The van der Waals surface area contributed by atoms with Gasteiger partial charge < -0.3 is 5.32 Å². The van der Waals surface area contributed by atoms with Crippen LogP contribution in [-0.2, 0) is 7.05 Å². The minimum Gasteiger partial charge on any atom is -0.379 e. The third-order valence-electron chi connectivity index (χ3n) is 2.92. The maximum atomic E-state index is 4.18. The zero-order valence-corrected chi connectivity index (χ0v) is 10.2. The molecular formula is C10H16BrN3. The highest BCUT2D eigenvalue weighted by atomic mass is 79.9. The van der Waals surface area contributed by atoms with Crippen molar-refractivity contribution < 1.29 is 0 Å². The van der Waals surface area contributed by atoms with Crippen LogP contribution in [0.2, 0.25) is 0 Å². The molecule has 1 aliphatic rings. The van der Waals surface area contributed by atoms with Gasteiger partial charge in [0.2, 0.25) is 0 Å². The molecule has 1 aromatic heterocycles. The lowest BCUT2D eigenvalue weighted by atomic mass is 10.1. The van der Waals surface area contributed by atoms with Crippen LogP contribution in [-0.4, -0.2) is 15.8 Å². The fourth-order valence-electron chi connectivity index (χ4n) is 2.08. The fraction of sp³-hybridized carbons (Fsp3) is 0.700. The molecule has 0 spiro atoms. The lowest BCUT2D eigenvalue weighted by Crippen LogP contribution is -2.15. The summed E-state index contributed by atoms with van der Waals surface area (Å²) >= 11 is 3.51. The van der Waals surface area contributed by atoms with Crippen molar-refractivity contribution in [2.45, 2.75) is 32.2 Å². The molecule has 14 heavy (non-hydrogen) atoms. The highest BCUT2D eigenvalue weighted by Crippen LogP contribution is 2.29. The summed E-state index contributed by atoms with van der Waals surface area (Å²) in [4.78, 5) is 0. The molecular weight excluding hydrogens is 242 g/mol. The first-order valence-corrected chi connectivity index (χ1v) is 5.90. The molecule has 0 aliphatic heterocycles. The van der Waals surface area contributed by atoms with Crippen LogP contribution in [0.3, 0.4) is 0 Å². The highest BCUT2D eigenvalue weighted by molar-refractivity contribution is 9.10. The van der Waals surface area contributed by atoms with Gasteiger partial charge in [-0.2, -0.15) is 5.10 Å². The maximum Gasteiger partial charge on any atom is 0.126 e. The van der Waals surface area contributed by atoms with Crippen LogP contribution in [0.1, 0.15) is 26.2 Å². The molecule has 0 aromatic carbocycles. The van der Waals surface area contributed by atoms with Crippen LogP contribution in [0.4, 0.5) is 5.69 Å². The van der Waals surface area contributed by atoms with Crippen LogP contribution in [0.15, 0.2) is 10.8 Å². The van der Waals surface area contributed by atoms with E-state index >= 15 is 0 Å². The van der Waals surface area contributed by atoms with Gasteiger partial charge in [0.1, 0.15) is 4.60 Å². The number of aromatic nitrogens is 2. The van der Waals surface area contributed by atoms with Gasteiger partial charge in [0.05, 0.1) is 11.9 Å². The number of hydrogen-bond donors (Lipinski definition) is 1. The minimum absolute atomic E-state index is 0.630. The third-order valence-corrected chi connectivity index (χ3v) is 3.86. The quantitative estimate of drug-likeness (QED) is 0.883. The molecule has 1 saturated carbocycles. The van der Waals surface area contributed by atoms with Gasteiger partial charge in [-0.3, -0.25) is 4.68 Å². The Hall–Kier alpha value is -0.510. The van der Waals surface area contributed by atoms with Crippen LogP contribution >= 0.6 is 15.9 Å². The van der Waals surface area contributed by atoms with Crippen molar-refractivity contribution in [1.82, 2.24) is 9.78 Å². The average molecular weight is 258 g/mol. The van der Waals surface area contributed by atoms with Crippen molar-refractivity contribution in [3.63, 3.8) is 0 Å². The summed E-state index contributed by atoms with van der Waals surface area (Å²) in [6.45, 7) is 2.32. The second kappa shape index (κ2) is 3.93. The van der Waals surface area contributed by atoms with Crippen molar-refractivity contribution >= 4 is 21.6 Å². The number of anilines is 1. The summed E-state index contributed by atoms with van der Waals surface area (Å²) in [6.07, 6.45) is 5.78. The van der Waals surface area contributed by atoms with Crippen molar-refractivity contribution in [3.8, 4) is 0 Å². The van der Waals surface area contributed by atoms with E-state index in [4.69, 9.17) is 0 Å². The Balaban J connectivity index is 2.01. The molecule has 78 valence electrons. The number of aryl methyl sites for hydroxylation is 1. The molecule has 2 rings (SSSR count). The van der Waals surface area contributed by atoms with Gasteiger partial charge in [-0.25, -0.2) is 0 Å². The summed E-state index contributed by atoms with van der Waals surface area (Å²) in [5.74, 6) is 0.864. The van der Waals surface area contributed by atoms with Crippen molar-refractivity contribution in [2.24, 2.45) is 13.0 Å². The molecule has 2 atom stereocenters. The third kappa shape index (κ3) is 1.95. The van der Waals surface area contributed by atoms with E-state index in [2.05, 4.69) is 33.3 Å². The van der Waals surface area contributed by atoms with Gasteiger partial charge >= 0.3 is 0 Å². The number of rotatable bonds is 2. The number of halogens is 1. The minimum atomic E-state index is 0.630. The van der Waals surface area contributed by atoms with Crippen molar-refractivity contribution in [3.05, 3.63) is 10.8 Å². The summed E-state index contributed by atoms with van der Waals surface area (Å²) < 4.78 is 2.87. The molecule has 0 amide bonds. The van der Waals surface area contributed by atoms with Gasteiger partial charge in [0, 0.05) is 13.1 Å². The van der Waals surface area contributed by atoms with E-state index in [9.17, 15) is 0 Å². The largest absolute Gasteiger partial charge is 0.379 e. The normalized spacial score (nSPS) is 26.8. The van der Waals surface area contributed by atoms with Crippen LogP contribution < -0.4 is 5.32 Å². The van der Waals surface area contributed by atoms with Gasteiger partial charge in [-0.15, -0.1) is 0 Å². The summed E-state index contributed by atoms with van der Waals surface area (Å²) in [7, 11) is 1.94. The molecule has 1 fully saturated rings. The summed E-state index contributed by atoms with van der Waals surface area (Å²) in [5.41, 5.74) is 1.12. The topological polar surface area (TPSA) is 29.9 Å². The molecule has 0 radical (unpaired) electrons. The first kappa shape index (κ1) is 10.0. The number of nitrogens with zero attached hydrogens (tertiary/aromatic N) is 2. The van der Waals surface area contributed by atoms with Gasteiger partial charge in [0.15, 0.2) is 0 Å². The molecule has 0 saturated heterocycles. The van der Waals surface area contributed by atoms with Gasteiger partial charge in [0.25, 0.3) is 0 Å². The molecule has 0 bridgehead atoms. The molecule has 3 nitrogen and oxygen atoms in total. The Labute approximate surface area is 93.0 Å². The molecule has 2 unspecified atom stereocenters. The van der Waals surface area contributed by atoms with Crippen LogP contribution in [0.25, 0.3) is 0 Å². The monoisotopic (exact) mass is 257 g/mol. The Bertz CT molecular complexity index is 321. The van der Waals surface area contributed by atoms with E-state index in [-0.39, 0.29) is 0 Å². The van der Waals surface area contributed by atoms with Gasteiger partial charge in [-0.1, -0.05) is 6.92 Å². The second-order valence-electron chi connectivity index (χ2n) is 4.23. The number of nitrogens with one attached hydrogen (secondary N) is 1. The fourth-order valence-corrected chi connectivity index (χ4v) is 2.39. The lowest BCUT2D eigenvalue weighted by molar-refractivity contribution is 0.602. The SMILES string of the molecule is CC1CCC(Nc2cnn(C)c2Br)C1. The van der Waals surface area contributed by atoms with E-state index in [1.807, 2.05) is 17.9 Å². The Morgan fingerprint density at radius 3 is 2.86 bits per heavy atom. The Morgan fingerprint density at radius 2 is 2.36 bits per heavy atom. The number of hydrogen-bond acceptors (Lipinski definition) is 2. The predicted molar refractivity (Wildman–Crippen MR) is 61.3 cm³/mol. The predicted octanol–water partition coefficient (Wildman–Crippen LogP) is 2.78. The van der Waals surface area contributed by atoms with Crippen molar-refractivity contribution in [2.75, 3.05) is 5.32 Å². The van der Waals surface area contributed by atoms with E-state index in [0.717, 1.165) is 16.2 Å². The highest BCUT2D eigenvalue weighted by Gasteiger charge is 2.22. The van der Waals surface area contributed by atoms with Crippen molar-refractivity contribution in [1.29, 1.82) is 0 Å². The molecule has 1 aliphatic carbocycles. The van der Waals surface area contributed by atoms with E-state index in [1.165, 1.54) is 19.3 Å². The van der Waals surface area contributed by atoms with Crippen LogP contribution in [0, 0.1) is 5.92 Å². The van der Waals surface area contributed by atoms with E-state index in [0.29, 0.717) is 6.04 Å². The maximum absolute atomic E-state index is 4.18. The molecule has 4 heteroatoms. The smallest absolute Gasteiger partial charge is 0.126 e. The Kier molecular flexibility index (Phi) is 2.81. The summed E-state index contributed by atoms with van der Waals surface area (Å²) in [6, 6.07) is 0.630. The first-order valence-electron chi connectivity index (χ1n) is 5.11. The average Bonchev–Trinajstić information content (AvgIpc) is 2.67. The molecule has 1 N–H and O–H groups in total.